The second-order valence-corrected chi connectivity index (χ2v) is 2.96. The molecule has 4 heteroatoms. The molecule has 68 valence electrons. The highest BCUT2D eigenvalue weighted by molar-refractivity contribution is 7.80. The average Bonchev–Trinajstić information content (AvgIpc) is 2.17. The van der Waals surface area contributed by atoms with E-state index in [9.17, 15) is 4.79 Å². The van der Waals surface area contributed by atoms with Gasteiger partial charge in [-0.2, -0.15) is 0 Å². The maximum Gasteiger partial charge on any atom is 0.319 e. The molecule has 3 nitrogen and oxygen atoms in total. The van der Waals surface area contributed by atoms with E-state index in [-0.39, 0.29) is 0 Å². The molecule has 1 rings (SSSR count). The summed E-state index contributed by atoms with van der Waals surface area (Å²) in [6.45, 7) is 0. The lowest BCUT2D eigenvalue weighted by atomic mass is 10.2. The number of carbonyl (C=O) groups is 1. The summed E-state index contributed by atoms with van der Waals surface area (Å²) in [4.78, 5) is 12.5. The summed E-state index contributed by atoms with van der Waals surface area (Å²) >= 11 is 5.04. The molecule has 13 heavy (non-hydrogen) atoms. The van der Waals surface area contributed by atoms with Crippen LogP contribution in [0.5, 0.6) is 0 Å². The topological polar surface area (TPSA) is 46.3 Å². The predicted octanol–water partition coefficient (Wildman–Crippen LogP) is 1.37. The molecule has 0 fully saturated rings. The van der Waals surface area contributed by atoms with Crippen LogP contribution in [0, 0.1) is 0 Å². The van der Waals surface area contributed by atoms with Gasteiger partial charge < -0.3 is 5.73 Å². The summed E-state index contributed by atoms with van der Waals surface area (Å²) < 4.78 is 0. The standard InChI is InChI=1S/C9H10N2OS/c1-11(9(10)12)8(13)7-5-3-2-4-6-7/h2-6H,1H3,(H2,10,12). The number of urea groups is 1. The van der Waals surface area contributed by atoms with Gasteiger partial charge in [0.05, 0.1) is 0 Å². The lowest BCUT2D eigenvalue weighted by Crippen LogP contribution is -2.36. The fourth-order valence-electron chi connectivity index (χ4n) is 0.874. The van der Waals surface area contributed by atoms with E-state index in [0.29, 0.717) is 4.99 Å². The molecule has 0 spiro atoms. The minimum absolute atomic E-state index is 0.438. The molecule has 0 aliphatic rings. The summed E-state index contributed by atoms with van der Waals surface area (Å²) in [5.74, 6) is 0. The quantitative estimate of drug-likeness (QED) is 0.686. The number of hydrogen-bond donors (Lipinski definition) is 1. The number of nitrogens with zero attached hydrogens (tertiary/aromatic N) is 1. The fourth-order valence-corrected chi connectivity index (χ4v) is 1.10. The van der Waals surface area contributed by atoms with E-state index < -0.39 is 6.03 Å². The van der Waals surface area contributed by atoms with Crippen molar-refractivity contribution >= 4 is 23.2 Å². The molecule has 2 N–H and O–H groups in total. The van der Waals surface area contributed by atoms with Crippen LogP contribution in [-0.2, 0) is 0 Å². The minimum atomic E-state index is -0.547. The summed E-state index contributed by atoms with van der Waals surface area (Å²) in [6, 6.07) is 8.72. The largest absolute Gasteiger partial charge is 0.351 e. The van der Waals surface area contributed by atoms with E-state index in [1.54, 1.807) is 7.05 Å². The van der Waals surface area contributed by atoms with Crippen LogP contribution in [0.3, 0.4) is 0 Å². The molecule has 0 aromatic heterocycles. The van der Waals surface area contributed by atoms with Crippen molar-refractivity contribution in [3.05, 3.63) is 35.9 Å². The molecular formula is C9H10N2OS. The van der Waals surface area contributed by atoms with E-state index in [0.717, 1.165) is 5.56 Å². The smallest absolute Gasteiger partial charge is 0.319 e. The first-order chi connectivity index (χ1) is 6.13. The molecule has 0 bridgehead atoms. The Morgan fingerprint density at radius 3 is 2.38 bits per heavy atom. The highest BCUT2D eigenvalue weighted by Gasteiger charge is 2.10. The average molecular weight is 194 g/mol. The zero-order valence-electron chi connectivity index (χ0n) is 7.23. The van der Waals surface area contributed by atoms with Crippen LogP contribution in [0.2, 0.25) is 0 Å². The Kier molecular flexibility index (Phi) is 2.97. The molecule has 0 unspecified atom stereocenters. The van der Waals surface area contributed by atoms with Crippen molar-refractivity contribution in [2.45, 2.75) is 0 Å². The van der Waals surface area contributed by atoms with Crippen molar-refractivity contribution in [3.63, 3.8) is 0 Å². The van der Waals surface area contributed by atoms with Crippen molar-refractivity contribution in [3.8, 4) is 0 Å². The Hall–Kier alpha value is -1.42. The number of primary amides is 1. The van der Waals surface area contributed by atoms with Crippen LogP contribution in [0.15, 0.2) is 30.3 Å². The SMILES string of the molecule is CN(C(N)=O)C(=S)c1ccccc1. The first kappa shape index (κ1) is 9.67. The van der Waals surface area contributed by atoms with Crippen molar-refractivity contribution in [1.82, 2.24) is 4.90 Å². The number of nitrogens with two attached hydrogens (primary N) is 1. The minimum Gasteiger partial charge on any atom is -0.351 e. The maximum absolute atomic E-state index is 10.8. The van der Waals surface area contributed by atoms with Gasteiger partial charge in [-0.05, 0) is 0 Å². The molecule has 1 aromatic rings. The Morgan fingerprint density at radius 1 is 1.38 bits per heavy atom. The molecule has 0 radical (unpaired) electrons. The summed E-state index contributed by atoms with van der Waals surface area (Å²) in [5.41, 5.74) is 5.89. The van der Waals surface area contributed by atoms with Crippen molar-refractivity contribution in [2.24, 2.45) is 5.73 Å². The second kappa shape index (κ2) is 4.00. The molecule has 0 aliphatic heterocycles. The van der Waals surface area contributed by atoms with Crippen LogP contribution in [-0.4, -0.2) is 23.0 Å². The molecule has 0 saturated carbocycles. The number of thiocarbonyl (C=S) groups is 1. The number of hydrogen-bond acceptors (Lipinski definition) is 2. The Balaban J connectivity index is 2.86. The zero-order chi connectivity index (χ0) is 9.84. The van der Waals surface area contributed by atoms with Crippen LogP contribution in [0.4, 0.5) is 4.79 Å². The van der Waals surface area contributed by atoms with Crippen molar-refractivity contribution in [1.29, 1.82) is 0 Å². The van der Waals surface area contributed by atoms with E-state index in [4.69, 9.17) is 18.0 Å². The van der Waals surface area contributed by atoms with Crippen LogP contribution in [0.1, 0.15) is 5.56 Å². The van der Waals surface area contributed by atoms with Gasteiger partial charge in [0.15, 0.2) is 0 Å². The normalized spacial score (nSPS) is 9.31. The zero-order valence-corrected chi connectivity index (χ0v) is 8.04. The Bertz CT molecular complexity index is 324. The van der Waals surface area contributed by atoms with Gasteiger partial charge in [0, 0.05) is 12.6 Å². The van der Waals surface area contributed by atoms with E-state index in [2.05, 4.69) is 0 Å². The van der Waals surface area contributed by atoms with Crippen molar-refractivity contribution in [2.75, 3.05) is 7.05 Å². The number of benzene rings is 1. The summed E-state index contributed by atoms with van der Waals surface area (Å²) in [5, 5.41) is 0. The molecule has 2 amide bonds. The molecule has 0 saturated heterocycles. The second-order valence-electron chi connectivity index (χ2n) is 2.57. The first-order valence-corrected chi connectivity index (χ1v) is 4.16. The predicted molar refractivity (Wildman–Crippen MR) is 55.5 cm³/mol. The Morgan fingerprint density at radius 2 is 1.92 bits per heavy atom. The molecule has 0 heterocycles. The third-order valence-corrected chi connectivity index (χ3v) is 2.17. The third kappa shape index (κ3) is 2.26. The van der Waals surface area contributed by atoms with E-state index in [1.165, 1.54) is 4.90 Å². The van der Waals surface area contributed by atoms with Gasteiger partial charge in [0.1, 0.15) is 4.99 Å². The van der Waals surface area contributed by atoms with Gasteiger partial charge in [-0.25, -0.2) is 4.79 Å². The van der Waals surface area contributed by atoms with E-state index >= 15 is 0 Å². The van der Waals surface area contributed by atoms with Gasteiger partial charge in [-0.3, -0.25) is 4.90 Å². The van der Waals surface area contributed by atoms with Crippen LogP contribution >= 0.6 is 12.2 Å². The van der Waals surface area contributed by atoms with Gasteiger partial charge in [0.2, 0.25) is 0 Å². The Labute approximate surface area is 82.1 Å². The highest BCUT2D eigenvalue weighted by atomic mass is 32.1. The lowest BCUT2D eigenvalue weighted by molar-refractivity contribution is 0.236. The van der Waals surface area contributed by atoms with Gasteiger partial charge >= 0.3 is 6.03 Å². The molecule has 1 aromatic carbocycles. The number of carbonyl (C=O) groups excluding carboxylic acids is 1. The molecular weight excluding hydrogens is 184 g/mol. The van der Waals surface area contributed by atoms with Crippen molar-refractivity contribution < 1.29 is 4.79 Å². The molecule has 0 atom stereocenters. The highest BCUT2D eigenvalue weighted by Crippen LogP contribution is 2.03. The maximum atomic E-state index is 10.8. The summed E-state index contributed by atoms with van der Waals surface area (Å²) in [7, 11) is 1.55. The fraction of sp³-hybridized carbons (Fsp3) is 0.111. The van der Waals surface area contributed by atoms with Gasteiger partial charge in [0.25, 0.3) is 0 Å². The number of amides is 2. The van der Waals surface area contributed by atoms with Crippen LogP contribution in [0.25, 0.3) is 0 Å². The van der Waals surface area contributed by atoms with E-state index in [1.807, 2.05) is 30.3 Å². The summed E-state index contributed by atoms with van der Waals surface area (Å²) in [6.07, 6.45) is 0. The van der Waals surface area contributed by atoms with Crippen LogP contribution < -0.4 is 5.73 Å². The molecule has 0 aliphatic carbocycles. The third-order valence-electron chi connectivity index (χ3n) is 1.66. The monoisotopic (exact) mass is 194 g/mol. The van der Waals surface area contributed by atoms with Gasteiger partial charge in [-0.1, -0.05) is 42.5 Å². The van der Waals surface area contributed by atoms with Gasteiger partial charge in [-0.15, -0.1) is 0 Å². The number of rotatable bonds is 1. The first-order valence-electron chi connectivity index (χ1n) is 3.75. The lowest BCUT2D eigenvalue weighted by Gasteiger charge is -2.14.